The molecule has 1 fully saturated rings. The summed E-state index contributed by atoms with van der Waals surface area (Å²) in [6.45, 7) is 1.38. The number of aromatic nitrogens is 4. The summed E-state index contributed by atoms with van der Waals surface area (Å²) in [5.41, 5.74) is 0. The summed E-state index contributed by atoms with van der Waals surface area (Å²) in [7, 11) is 0. The molecule has 1 amide bonds. The van der Waals surface area contributed by atoms with Crippen LogP contribution in [0.4, 0.5) is 0 Å². The summed E-state index contributed by atoms with van der Waals surface area (Å²) in [5.74, 6) is -0.206. The van der Waals surface area contributed by atoms with E-state index in [1.807, 2.05) is 0 Å². The lowest BCUT2D eigenvalue weighted by Gasteiger charge is -2.22. The van der Waals surface area contributed by atoms with Gasteiger partial charge in [0.1, 0.15) is 0 Å². The Bertz CT molecular complexity index is 293. The van der Waals surface area contributed by atoms with E-state index in [0.717, 1.165) is 12.8 Å². The molecule has 0 radical (unpaired) electrons. The number of ether oxygens (including phenoxy) is 1. The second-order valence-electron chi connectivity index (χ2n) is 3.10. The highest BCUT2D eigenvalue weighted by atomic mass is 16.5. The molecular formula is C7H11N5O2. The average Bonchev–Trinajstić information content (AvgIpc) is 2.72. The van der Waals surface area contributed by atoms with Crippen molar-refractivity contribution in [3.8, 4) is 0 Å². The van der Waals surface area contributed by atoms with Gasteiger partial charge < -0.3 is 10.1 Å². The molecule has 0 aromatic carbocycles. The summed E-state index contributed by atoms with van der Waals surface area (Å²) in [4.78, 5) is 11.4. The minimum atomic E-state index is -0.286. The zero-order valence-corrected chi connectivity index (χ0v) is 7.56. The number of carbonyl (C=O) groups excluding carboxylic acids is 1. The molecule has 2 rings (SSSR count). The van der Waals surface area contributed by atoms with Gasteiger partial charge in [0.05, 0.1) is 0 Å². The number of hydrogen-bond acceptors (Lipinski definition) is 5. The van der Waals surface area contributed by atoms with Gasteiger partial charge in [0.2, 0.25) is 0 Å². The van der Waals surface area contributed by atoms with Crippen LogP contribution >= 0.6 is 0 Å². The molecule has 0 bridgehead atoms. The van der Waals surface area contributed by atoms with Crippen molar-refractivity contribution < 1.29 is 9.53 Å². The van der Waals surface area contributed by atoms with Crippen molar-refractivity contribution in [3.63, 3.8) is 0 Å². The molecule has 1 aromatic heterocycles. The lowest BCUT2D eigenvalue weighted by atomic mass is 10.1. The van der Waals surface area contributed by atoms with E-state index in [9.17, 15) is 4.79 Å². The van der Waals surface area contributed by atoms with Crippen molar-refractivity contribution in [3.05, 3.63) is 5.82 Å². The van der Waals surface area contributed by atoms with E-state index in [1.165, 1.54) is 0 Å². The van der Waals surface area contributed by atoms with Gasteiger partial charge in [0.25, 0.3) is 11.7 Å². The van der Waals surface area contributed by atoms with E-state index in [4.69, 9.17) is 4.74 Å². The van der Waals surface area contributed by atoms with Crippen LogP contribution in [0, 0.1) is 0 Å². The first kappa shape index (κ1) is 9.07. The molecule has 1 aliphatic heterocycles. The van der Waals surface area contributed by atoms with Crippen LogP contribution in [0.1, 0.15) is 23.5 Å². The highest BCUT2D eigenvalue weighted by Crippen LogP contribution is 2.06. The number of hydrogen-bond donors (Lipinski definition) is 2. The molecule has 0 aliphatic carbocycles. The molecule has 1 aromatic rings. The van der Waals surface area contributed by atoms with Crippen molar-refractivity contribution in [2.45, 2.75) is 18.9 Å². The van der Waals surface area contributed by atoms with E-state index in [-0.39, 0.29) is 17.8 Å². The summed E-state index contributed by atoms with van der Waals surface area (Å²) >= 11 is 0. The Morgan fingerprint density at radius 3 is 2.93 bits per heavy atom. The molecule has 1 aliphatic rings. The topological polar surface area (TPSA) is 92.8 Å². The first-order valence-electron chi connectivity index (χ1n) is 4.48. The maximum absolute atomic E-state index is 11.4. The third-order valence-electron chi connectivity index (χ3n) is 2.10. The van der Waals surface area contributed by atoms with E-state index in [1.54, 1.807) is 0 Å². The Morgan fingerprint density at radius 2 is 2.29 bits per heavy atom. The van der Waals surface area contributed by atoms with Crippen LogP contribution in [0.2, 0.25) is 0 Å². The Labute approximate surface area is 80.2 Å². The number of tetrazole rings is 1. The quantitative estimate of drug-likeness (QED) is 0.641. The summed E-state index contributed by atoms with van der Waals surface area (Å²) in [5, 5.41) is 15.5. The molecule has 0 saturated carbocycles. The maximum Gasteiger partial charge on any atom is 0.293 e. The van der Waals surface area contributed by atoms with E-state index >= 15 is 0 Å². The second kappa shape index (κ2) is 4.14. The van der Waals surface area contributed by atoms with Gasteiger partial charge in [-0.3, -0.25) is 4.79 Å². The lowest BCUT2D eigenvalue weighted by Crippen LogP contribution is -2.39. The summed E-state index contributed by atoms with van der Waals surface area (Å²) < 4.78 is 5.17. The van der Waals surface area contributed by atoms with Crippen molar-refractivity contribution in [1.29, 1.82) is 0 Å². The fraction of sp³-hybridized carbons (Fsp3) is 0.714. The fourth-order valence-electron chi connectivity index (χ4n) is 1.35. The van der Waals surface area contributed by atoms with Crippen LogP contribution in [0.25, 0.3) is 0 Å². The predicted molar refractivity (Wildman–Crippen MR) is 45.5 cm³/mol. The number of carbonyl (C=O) groups is 1. The van der Waals surface area contributed by atoms with Gasteiger partial charge in [-0.05, 0) is 18.1 Å². The van der Waals surface area contributed by atoms with Crippen LogP contribution in [-0.2, 0) is 4.74 Å². The van der Waals surface area contributed by atoms with Crippen LogP contribution in [0.5, 0.6) is 0 Å². The molecule has 0 atom stereocenters. The van der Waals surface area contributed by atoms with Gasteiger partial charge >= 0.3 is 0 Å². The third-order valence-corrected chi connectivity index (χ3v) is 2.10. The van der Waals surface area contributed by atoms with Gasteiger partial charge in [-0.15, -0.1) is 10.2 Å². The molecule has 0 spiro atoms. The lowest BCUT2D eigenvalue weighted by molar-refractivity contribution is 0.0691. The van der Waals surface area contributed by atoms with Crippen molar-refractivity contribution in [2.24, 2.45) is 0 Å². The number of amides is 1. The SMILES string of the molecule is O=C(NC1CCOCC1)c1nn[nH]n1. The van der Waals surface area contributed by atoms with Gasteiger partial charge in [-0.2, -0.15) is 5.21 Å². The molecule has 2 heterocycles. The average molecular weight is 197 g/mol. The summed E-state index contributed by atoms with van der Waals surface area (Å²) in [6, 6.07) is 0.162. The van der Waals surface area contributed by atoms with Crippen LogP contribution in [0.15, 0.2) is 0 Å². The van der Waals surface area contributed by atoms with E-state index in [2.05, 4.69) is 25.9 Å². The molecule has 0 unspecified atom stereocenters. The largest absolute Gasteiger partial charge is 0.381 e. The van der Waals surface area contributed by atoms with Gasteiger partial charge in [-0.25, -0.2) is 0 Å². The smallest absolute Gasteiger partial charge is 0.293 e. The zero-order valence-electron chi connectivity index (χ0n) is 7.56. The number of H-pyrrole nitrogens is 1. The molecule has 1 saturated heterocycles. The normalized spacial score (nSPS) is 18.0. The minimum absolute atomic E-state index is 0.0801. The maximum atomic E-state index is 11.4. The van der Waals surface area contributed by atoms with E-state index < -0.39 is 0 Å². The van der Waals surface area contributed by atoms with Crippen molar-refractivity contribution in [1.82, 2.24) is 25.9 Å². The van der Waals surface area contributed by atoms with Crippen LogP contribution in [0.3, 0.4) is 0 Å². The molecule has 7 nitrogen and oxygen atoms in total. The second-order valence-corrected chi connectivity index (χ2v) is 3.10. The number of nitrogens with one attached hydrogen (secondary N) is 2. The number of nitrogens with zero attached hydrogens (tertiary/aromatic N) is 3. The minimum Gasteiger partial charge on any atom is -0.381 e. The highest BCUT2D eigenvalue weighted by molar-refractivity contribution is 5.90. The molecular weight excluding hydrogens is 186 g/mol. The Hall–Kier alpha value is -1.50. The van der Waals surface area contributed by atoms with Crippen molar-refractivity contribution in [2.75, 3.05) is 13.2 Å². The van der Waals surface area contributed by atoms with Crippen molar-refractivity contribution >= 4 is 5.91 Å². The highest BCUT2D eigenvalue weighted by Gasteiger charge is 2.18. The first-order valence-corrected chi connectivity index (χ1v) is 4.48. The molecule has 76 valence electrons. The van der Waals surface area contributed by atoms with Gasteiger partial charge in [0, 0.05) is 19.3 Å². The van der Waals surface area contributed by atoms with Crippen LogP contribution < -0.4 is 5.32 Å². The monoisotopic (exact) mass is 197 g/mol. The zero-order chi connectivity index (χ0) is 9.80. The molecule has 14 heavy (non-hydrogen) atoms. The standard InChI is InChI=1S/C7H11N5O2/c13-7(6-9-11-12-10-6)8-5-1-3-14-4-2-5/h5H,1-4H2,(H,8,13)(H,9,10,11,12). The number of aromatic amines is 1. The predicted octanol–water partition coefficient (Wildman–Crippen LogP) is -0.892. The van der Waals surface area contributed by atoms with E-state index in [0.29, 0.717) is 13.2 Å². The molecule has 2 N–H and O–H groups in total. The fourth-order valence-corrected chi connectivity index (χ4v) is 1.35. The third kappa shape index (κ3) is 2.05. The molecule has 7 heteroatoms. The Balaban J connectivity index is 1.87. The summed E-state index contributed by atoms with van der Waals surface area (Å²) in [6.07, 6.45) is 1.67. The first-order chi connectivity index (χ1) is 6.86. The number of rotatable bonds is 2. The Morgan fingerprint density at radius 1 is 1.50 bits per heavy atom. The van der Waals surface area contributed by atoms with Gasteiger partial charge in [-0.1, -0.05) is 0 Å². The van der Waals surface area contributed by atoms with Gasteiger partial charge in [0.15, 0.2) is 0 Å². The van der Waals surface area contributed by atoms with Crippen LogP contribution in [-0.4, -0.2) is 45.8 Å². The Kier molecular flexibility index (Phi) is 2.68.